The number of pyridine rings is 1. The van der Waals surface area contributed by atoms with Crippen LogP contribution in [0.4, 0.5) is 34.1 Å². The molecular weight excluding hydrogens is 810 g/mol. The van der Waals surface area contributed by atoms with E-state index in [1.54, 1.807) is 0 Å². The molecule has 0 aliphatic carbocycles. The second-order valence-corrected chi connectivity index (χ2v) is 17.5. The summed E-state index contributed by atoms with van der Waals surface area (Å²) in [5.41, 5.74) is 23.4. The van der Waals surface area contributed by atoms with Gasteiger partial charge in [0.15, 0.2) is 0 Å². The monoisotopic (exact) mass is 851 g/mol. The third-order valence-electron chi connectivity index (χ3n) is 13.7. The quantitative estimate of drug-likeness (QED) is 0.149. The number of hydrogen-bond acceptors (Lipinski definition) is 3. The summed E-state index contributed by atoms with van der Waals surface area (Å²) in [7, 11) is 0. The van der Waals surface area contributed by atoms with Gasteiger partial charge in [-0.3, -0.25) is 4.98 Å². The average Bonchev–Trinajstić information content (AvgIpc) is 3.41. The van der Waals surface area contributed by atoms with Gasteiger partial charge in [0.1, 0.15) is 0 Å². The van der Waals surface area contributed by atoms with Gasteiger partial charge in [-0.2, -0.15) is 0 Å². The van der Waals surface area contributed by atoms with Gasteiger partial charge in [-0.15, -0.1) is 0 Å². The Balaban J connectivity index is 1.12. The van der Waals surface area contributed by atoms with E-state index in [2.05, 4.69) is 252 Å². The second kappa shape index (κ2) is 16.1. The normalized spacial score (nSPS) is 12.4. The first-order valence-electron chi connectivity index (χ1n) is 23.1. The maximum atomic E-state index is 5.01. The Labute approximate surface area is 391 Å². The van der Waals surface area contributed by atoms with Gasteiger partial charge < -0.3 is 9.80 Å². The predicted octanol–water partition coefficient (Wildman–Crippen LogP) is 14.7. The van der Waals surface area contributed by atoms with E-state index < -0.39 is 0 Å². The lowest BCUT2D eigenvalue weighted by molar-refractivity contribution is 1.25. The number of rotatable bonds is 7. The fraction of sp³-hybridized carbons (Fsp3) is 0. The average molecular weight is 852 g/mol. The molecule has 312 valence electrons. The Bertz CT molecular complexity index is 3410. The van der Waals surface area contributed by atoms with E-state index in [1.165, 1.54) is 72.3 Å². The lowest BCUT2D eigenvalue weighted by atomic mass is 9.33. The van der Waals surface area contributed by atoms with Gasteiger partial charge in [0, 0.05) is 51.3 Å². The molecule has 0 bridgehead atoms. The van der Waals surface area contributed by atoms with Gasteiger partial charge >= 0.3 is 0 Å². The predicted molar refractivity (Wildman–Crippen MR) is 283 cm³/mol. The number of anilines is 6. The molecule has 0 atom stereocenters. The molecule has 0 spiro atoms. The zero-order chi connectivity index (χ0) is 44.3. The molecule has 4 heteroatoms. The largest absolute Gasteiger partial charge is 0.311 e. The van der Waals surface area contributed by atoms with Crippen molar-refractivity contribution in [3.05, 3.63) is 255 Å². The van der Waals surface area contributed by atoms with Crippen molar-refractivity contribution < 1.29 is 0 Å². The lowest BCUT2D eigenvalue weighted by Gasteiger charge is -2.44. The van der Waals surface area contributed by atoms with E-state index in [0.717, 1.165) is 44.8 Å². The van der Waals surface area contributed by atoms with Gasteiger partial charge in [0.2, 0.25) is 0 Å². The Morgan fingerprint density at radius 2 is 0.701 bits per heavy atom. The van der Waals surface area contributed by atoms with Crippen LogP contribution in [0.1, 0.15) is 0 Å². The van der Waals surface area contributed by atoms with Crippen molar-refractivity contribution in [3.63, 3.8) is 0 Å². The summed E-state index contributed by atoms with van der Waals surface area (Å²) < 4.78 is 0. The zero-order valence-corrected chi connectivity index (χ0v) is 36.7. The van der Waals surface area contributed by atoms with Gasteiger partial charge in [0.25, 0.3) is 6.71 Å². The SMILES string of the molecule is c1ccc(-c2ccc(N3c4ccc(-c5ccccc5)cc4B4c5cc(-c6ccccc6)ccc5N(c5ccc(-c6ccccc6)cc5)c5cc(-c6cccc7cccnc67)cc3c54)cc2)cc1. The smallest absolute Gasteiger partial charge is 0.252 e. The van der Waals surface area contributed by atoms with Crippen molar-refractivity contribution >= 4 is 68.1 Å². The highest BCUT2D eigenvalue weighted by atomic mass is 15.2. The van der Waals surface area contributed by atoms with Crippen LogP contribution in [0.2, 0.25) is 0 Å². The number of aromatic nitrogens is 1. The van der Waals surface area contributed by atoms with Crippen molar-refractivity contribution in [2.45, 2.75) is 0 Å². The highest BCUT2D eigenvalue weighted by Gasteiger charge is 2.44. The first kappa shape index (κ1) is 38.7. The first-order chi connectivity index (χ1) is 33.2. The van der Waals surface area contributed by atoms with Gasteiger partial charge in [-0.05, 0) is 121 Å². The summed E-state index contributed by atoms with van der Waals surface area (Å²) in [6, 6.07) is 91.0. The van der Waals surface area contributed by atoms with Crippen molar-refractivity contribution in [1.82, 2.24) is 4.98 Å². The molecule has 10 aromatic carbocycles. The molecule has 11 aromatic rings. The molecular formula is C63H42BN3. The van der Waals surface area contributed by atoms with Crippen LogP contribution in [0, 0.1) is 0 Å². The van der Waals surface area contributed by atoms with Crippen LogP contribution in [0.15, 0.2) is 255 Å². The van der Waals surface area contributed by atoms with Crippen LogP contribution in [-0.2, 0) is 0 Å². The third kappa shape index (κ3) is 6.65. The van der Waals surface area contributed by atoms with Crippen LogP contribution >= 0.6 is 0 Å². The molecule has 0 radical (unpaired) electrons. The molecule has 0 N–H and O–H groups in total. The summed E-state index contributed by atoms with van der Waals surface area (Å²) in [4.78, 5) is 10.0. The maximum Gasteiger partial charge on any atom is 0.252 e. The molecule has 0 saturated carbocycles. The number of benzene rings is 10. The van der Waals surface area contributed by atoms with Crippen LogP contribution in [0.25, 0.3) is 66.5 Å². The van der Waals surface area contributed by atoms with E-state index >= 15 is 0 Å². The number of para-hydroxylation sites is 1. The van der Waals surface area contributed by atoms with Crippen LogP contribution < -0.4 is 26.2 Å². The highest BCUT2D eigenvalue weighted by Crippen LogP contribution is 2.48. The van der Waals surface area contributed by atoms with Gasteiger partial charge in [-0.25, -0.2) is 0 Å². The van der Waals surface area contributed by atoms with E-state index in [1.807, 2.05) is 12.3 Å². The lowest BCUT2D eigenvalue weighted by Crippen LogP contribution is -2.61. The highest BCUT2D eigenvalue weighted by molar-refractivity contribution is 7.00. The summed E-state index contributed by atoms with van der Waals surface area (Å²) in [6.07, 6.45) is 1.91. The Kier molecular flexibility index (Phi) is 9.28. The summed E-state index contributed by atoms with van der Waals surface area (Å²) in [5, 5.41) is 1.11. The molecule has 67 heavy (non-hydrogen) atoms. The Hall–Kier alpha value is -8.73. The minimum atomic E-state index is -0.0818. The summed E-state index contributed by atoms with van der Waals surface area (Å²) >= 11 is 0. The molecule has 0 unspecified atom stereocenters. The van der Waals surface area contributed by atoms with Crippen LogP contribution in [0.3, 0.4) is 0 Å². The fourth-order valence-corrected chi connectivity index (χ4v) is 10.5. The van der Waals surface area contributed by atoms with Crippen LogP contribution in [-0.4, -0.2) is 11.7 Å². The first-order valence-corrected chi connectivity index (χ1v) is 23.1. The van der Waals surface area contributed by atoms with E-state index in [0.29, 0.717) is 0 Å². The van der Waals surface area contributed by atoms with Crippen molar-refractivity contribution in [3.8, 4) is 55.6 Å². The van der Waals surface area contributed by atoms with E-state index in [-0.39, 0.29) is 6.71 Å². The molecule has 3 heterocycles. The minimum Gasteiger partial charge on any atom is -0.311 e. The molecule has 3 nitrogen and oxygen atoms in total. The fourth-order valence-electron chi connectivity index (χ4n) is 10.5. The number of fused-ring (bicyclic) bond motifs is 5. The van der Waals surface area contributed by atoms with Crippen molar-refractivity contribution in [2.75, 3.05) is 9.80 Å². The summed E-state index contributed by atoms with van der Waals surface area (Å²) in [6.45, 7) is -0.0818. The van der Waals surface area contributed by atoms with E-state index in [4.69, 9.17) is 4.98 Å². The summed E-state index contributed by atoms with van der Waals surface area (Å²) in [5.74, 6) is 0. The van der Waals surface area contributed by atoms with E-state index in [9.17, 15) is 0 Å². The topological polar surface area (TPSA) is 19.4 Å². The molecule has 2 aliphatic heterocycles. The number of hydrogen-bond donors (Lipinski definition) is 0. The maximum absolute atomic E-state index is 5.01. The Morgan fingerprint density at radius 3 is 1.16 bits per heavy atom. The molecule has 2 aliphatic rings. The Morgan fingerprint density at radius 1 is 0.299 bits per heavy atom. The molecule has 0 amide bonds. The molecule has 0 fully saturated rings. The molecule has 1 aromatic heterocycles. The zero-order valence-electron chi connectivity index (χ0n) is 36.7. The van der Waals surface area contributed by atoms with Gasteiger partial charge in [0.05, 0.1) is 5.52 Å². The molecule has 0 saturated heterocycles. The van der Waals surface area contributed by atoms with Crippen molar-refractivity contribution in [2.24, 2.45) is 0 Å². The standard InChI is InChI=1S/C63H42BN3/c1-5-15-43(16-6-1)47-26-32-53(33-27-47)66-58-36-30-50(45-19-9-3-10-20-45)39-56(58)64-57-40-51(46-21-11-4-12-22-46)31-37-59(57)67(54-34-28-48(29-35-54)44-17-7-2-8-18-44)61-42-52(41-60(66)62(61)64)55-25-13-23-49-24-14-38-65-63(49)55/h1-42H. The van der Waals surface area contributed by atoms with Crippen LogP contribution in [0.5, 0.6) is 0 Å². The minimum absolute atomic E-state index is 0.0818. The van der Waals surface area contributed by atoms with Gasteiger partial charge in [-0.1, -0.05) is 194 Å². The second-order valence-electron chi connectivity index (χ2n) is 17.5. The third-order valence-corrected chi connectivity index (χ3v) is 13.7. The number of nitrogens with zero attached hydrogens (tertiary/aromatic N) is 3. The van der Waals surface area contributed by atoms with Crippen molar-refractivity contribution in [1.29, 1.82) is 0 Å². The molecule has 13 rings (SSSR count).